The van der Waals surface area contributed by atoms with E-state index in [1.165, 1.54) is 0 Å². The van der Waals surface area contributed by atoms with Gasteiger partial charge in [0, 0.05) is 0 Å². The van der Waals surface area contributed by atoms with Gasteiger partial charge in [0.05, 0.1) is 32.6 Å². The monoisotopic (exact) mass is 386 g/mol. The molecule has 0 saturated carbocycles. The smallest absolute Gasteiger partial charge is 0.101 e. The summed E-state index contributed by atoms with van der Waals surface area (Å²) < 4.78 is 23.3. The summed E-state index contributed by atoms with van der Waals surface area (Å²) in [5, 5.41) is 5.74. The fraction of sp³-hybridized carbons (Fsp3) is 0.500. The lowest BCUT2D eigenvalue weighted by Gasteiger charge is -2.40. The molecule has 106 valence electrons. The van der Waals surface area contributed by atoms with Crippen LogP contribution in [0.4, 0.5) is 0 Å². The minimum Gasteiger partial charge on any atom is -1.00 e. The first kappa shape index (κ1) is 18.0. The Labute approximate surface area is 127 Å². The van der Waals surface area contributed by atoms with Crippen molar-refractivity contribution in [3.63, 3.8) is 0 Å². The Bertz CT molecular complexity index is 460. The van der Waals surface area contributed by atoms with Crippen molar-refractivity contribution >= 4 is 9.53 Å². The van der Waals surface area contributed by atoms with E-state index in [9.17, 15) is 8.76 Å². The van der Waals surface area contributed by atoms with Gasteiger partial charge in [-0.05, 0) is 19.1 Å². The third-order valence-corrected chi connectivity index (χ3v) is 4.93. The van der Waals surface area contributed by atoms with Crippen LogP contribution in [0.3, 0.4) is 0 Å². The Morgan fingerprint density at radius 3 is 2.06 bits per heavy atom. The second-order valence-electron chi connectivity index (χ2n) is 5.66. The van der Waals surface area contributed by atoms with E-state index in [4.69, 9.17) is 5.14 Å². The molecule has 0 heterocycles. The summed E-state index contributed by atoms with van der Waals surface area (Å²) in [5.41, 5.74) is 1.04. The SMILES string of the molecule is Cc1ccc(S(N)(=O)(O)CC[N+](C)(C)C)cc1.[I-]. The van der Waals surface area contributed by atoms with Crippen LogP contribution in [0.2, 0.25) is 0 Å². The van der Waals surface area contributed by atoms with Gasteiger partial charge in [-0.1, -0.05) is 17.7 Å². The maximum absolute atomic E-state index is 12.5. The summed E-state index contributed by atoms with van der Waals surface area (Å²) in [7, 11) is 1.72. The Hall–Kier alpha value is -0.0200. The topological polar surface area (TPSA) is 63.3 Å². The van der Waals surface area contributed by atoms with Gasteiger partial charge in [0.15, 0.2) is 0 Å². The average molecular weight is 386 g/mol. The minimum atomic E-state index is -4.19. The van der Waals surface area contributed by atoms with Crippen molar-refractivity contribution < 1.29 is 37.2 Å². The number of nitrogens with two attached hydrogens (primary N) is 1. The van der Waals surface area contributed by atoms with E-state index in [0.717, 1.165) is 5.56 Å². The highest BCUT2D eigenvalue weighted by Crippen LogP contribution is 2.26. The summed E-state index contributed by atoms with van der Waals surface area (Å²) in [5.74, 6) is 0.0732. The van der Waals surface area contributed by atoms with Gasteiger partial charge in [0.1, 0.15) is 5.75 Å². The summed E-state index contributed by atoms with van der Waals surface area (Å²) >= 11 is 0. The molecule has 1 rings (SSSR count). The van der Waals surface area contributed by atoms with E-state index in [0.29, 0.717) is 15.9 Å². The Morgan fingerprint density at radius 2 is 1.67 bits per heavy atom. The molecule has 0 aliphatic carbocycles. The zero-order valence-corrected chi connectivity index (χ0v) is 14.4. The van der Waals surface area contributed by atoms with Crippen molar-refractivity contribution in [3.8, 4) is 0 Å². The minimum absolute atomic E-state index is 0. The molecule has 1 aromatic carbocycles. The lowest BCUT2D eigenvalue weighted by molar-refractivity contribution is -0.867. The normalized spacial score (nSPS) is 14.4. The highest BCUT2D eigenvalue weighted by molar-refractivity contribution is 8.13. The van der Waals surface area contributed by atoms with Gasteiger partial charge in [-0.25, -0.2) is 5.14 Å². The van der Waals surface area contributed by atoms with Crippen LogP contribution in [-0.2, 0) is 9.53 Å². The maximum Gasteiger partial charge on any atom is 0.101 e. The van der Waals surface area contributed by atoms with E-state index in [2.05, 4.69) is 0 Å². The van der Waals surface area contributed by atoms with Crippen molar-refractivity contribution in [2.24, 2.45) is 5.14 Å². The van der Waals surface area contributed by atoms with E-state index < -0.39 is 9.53 Å². The van der Waals surface area contributed by atoms with Gasteiger partial charge in [-0.3, -0.25) is 4.55 Å². The predicted octanol–water partition coefficient (Wildman–Crippen LogP) is -1.77. The number of hydrogen-bond donors (Lipinski definition) is 2. The quantitative estimate of drug-likeness (QED) is 0.476. The van der Waals surface area contributed by atoms with Gasteiger partial charge in [0.25, 0.3) is 0 Å². The summed E-state index contributed by atoms with van der Waals surface area (Å²) in [6.45, 7) is 2.48. The first-order valence-electron chi connectivity index (χ1n) is 5.56. The van der Waals surface area contributed by atoms with Crippen molar-refractivity contribution in [2.45, 2.75) is 11.8 Å². The van der Waals surface area contributed by atoms with E-state index in [-0.39, 0.29) is 29.7 Å². The number of benzene rings is 1. The molecular weight excluding hydrogens is 363 g/mol. The fourth-order valence-electron chi connectivity index (χ4n) is 1.40. The first-order chi connectivity index (χ1) is 7.48. The summed E-state index contributed by atoms with van der Waals surface area (Å²) in [6.07, 6.45) is 0. The molecule has 0 aliphatic heterocycles. The lowest BCUT2D eigenvalue weighted by atomic mass is 10.2. The van der Waals surface area contributed by atoms with Crippen molar-refractivity contribution in [1.82, 2.24) is 0 Å². The molecule has 0 amide bonds. The average Bonchev–Trinajstić information content (AvgIpc) is 2.14. The predicted molar refractivity (Wildman–Crippen MR) is 72.2 cm³/mol. The molecule has 0 spiro atoms. The third kappa shape index (κ3) is 5.31. The summed E-state index contributed by atoms with van der Waals surface area (Å²) in [4.78, 5) is 0.320. The van der Waals surface area contributed by atoms with Crippen molar-refractivity contribution in [1.29, 1.82) is 0 Å². The molecular formula is C12H23IN2O2S. The van der Waals surface area contributed by atoms with Gasteiger partial charge < -0.3 is 28.5 Å². The van der Waals surface area contributed by atoms with Crippen LogP contribution in [0.5, 0.6) is 0 Å². The van der Waals surface area contributed by atoms with E-state index in [1.807, 2.05) is 28.1 Å². The van der Waals surface area contributed by atoms with Gasteiger partial charge in [-0.2, -0.15) is 4.21 Å². The van der Waals surface area contributed by atoms with Crippen LogP contribution in [0.25, 0.3) is 0 Å². The number of nitrogens with zero attached hydrogens (tertiary/aromatic N) is 1. The number of quaternary nitrogens is 1. The van der Waals surface area contributed by atoms with Crippen LogP contribution >= 0.6 is 0 Å². The molecule has 3 N–H and O–H groups in total. The highest BCUT2D eigenvalue weighted by Gasteiger charge is 2.27. The molecule has 0 unspecified atom stereocenters. The lowest BCUT2D eigenvalue weighted by Crippen LogP contribution is -3.00. The molecule has 0 aromatic heterocycles. The molecule has 1 aromatic rings. The number of rotatable bonds is 4. The second-order valence-corrected chi connectivity index (χ2v) is 8.79. The molecule has 0 radical (unpaired) electrons. The zero-order valence-electron chi connectivity index (χ0n) is 11.4. The molecule has 6 heteroatoms. The maximum atomic E-state index is 12.5. The molecule has 18 heavy (non-hydrogen) atoms. The van der Waals surface area contributed by atoms with E-state index in [1.54, 1.807) is 24.3 Å². The number of aryl methyl sites for hydroxylation is 1. The second kappa shape index (κ2) is 5.54. The Balaban J connectivity index is 0.00000289. The molecule has 0 bridgehead atoms. The Kier molecular flexibility index (Phi) is 5.53. The molecule has 0 atom stereocenters. The van der Waals surface area contributed by atoms with Crippen LogP contribution in [0.1, 0.15) is 5.56 Å². The Morgan fingerprint density at radius 1 is 1.22 bits per heavy atom. The summed E-state index contributed by atoms with van der Waals surface area (Å²) in [6, 6.07) is 6.88. The van der Waals surface area contributed by atoms with Crippen molar-refractivity contribution in [2.75, 3.05) is 33.4 Å². The van der Waals surface area contributed by atoms with Crippen molar-refractivity contribution in [3.05, 3.63) is 29.8 Å². The molecule has 0 fully saturated rings. The van der Waals surface area contributed by atoms with Gasteiger partial charge in [0.2, 0.25) is 0 Å². The third-order valence-electron chi connectivity index (χ3n) is 2.68. The molecule has 4 nitrogen and oxygen atoms in total. The van der Waals surface area contributed by atoms with E-state index >= 15 is 0 Å². The van der Waals surface area contributed by atoms with Gasteiger partial charge >= 0.3 is 0 Å². The van der Waals surface area contributed by atoms with Gasteiger partial charge in [-0.15, -0.1) is 9.53 Å². The zero-order chi connectivity index (χ0) is 13.3. The highest BCUT2D eigenvalue weighted by atomic mass is 127. The molecule has 0 saturated heterocycles. The number of halogens is 1. The van der Waals surface area contributed by atoms with Crippen LogP contribution in [0.15, 0.2) is 29.2 Å². The first-order valence-corrected chi connectivity index (χ1v) is 7.71. The van der Waals surface area contributed by atoms with Crippen LogP contribution in [-0.4, -0.2) is 46.7 Å². The van der Waals surface area contributed by atoms with Crippen LogP contribution < -0.4 is 29.1 Å². The molecule has 0 aliphatic rings. The van der Waals surface area contributed by atoms with Crippen LogP contribution in [0, 0.1) is 6.92 Å². The standard InChI is InChI=1S/C12H22N2O2S.HI/c1-11-5-7-12(8-6-11)17(13,15,16)10-9-14(2,3)4;/h5-8H,9-10H2,1-4H3,(H2-,13,15,16);1H. The number of hydrogen-bond acceptors (Lipinski definition) is 1. The fourth-order valence-corrected chi connectivity index (χ4v) is 3.25. The largest absolute Gasteiger partial charge is 1.00 e.